The largest absolute Gasteiger partial charge is 0.490 e. The van der Waals surface area contributed by atoms with Crippen molar-refractivity contribution in [1.82, 2.24) is 4.90 Å². The van der Waals surface area contributed by atoms with Gasteiger partial charge < -0.3 is 14.2 Å². The first-order valence-electron chi connectivity index (χ1n) is 10.4. The van der Waals surface area contributed by atoms with E-state index in [1.165, 1.54) is 12.0 Å². The van der Waals surface area contributed by atoms with E-state index in [1.807, 2.05) is 32.0 Å². The quantitative estimate of drug-likeness (QED) is 0.224. The highest BCUT2D eigenvalue weighted by molar-refractivity contribution is 9.10. The van der Waals surface area contributed by atoms with Gasteiger partial charge in [-0.25, -0.2) is 4.79 Å². The highest BCUT2D eigenvalue weighted by Crippen LogP contribution is 2.41. The van der Waals surface area contributed by atoms with Crippen molar-refractivity contribution in [3.05, 3.63) is 63.0 Å². The van der Waals surface area contributed by atoms with Crippen LogP contribution >= 0.6 is 39.9 Å². The molecule has 0 saturated carbocycles. The lowest BCUT2D eigenvalue weighted by Gasteiger charge is -2.24. The summed E-state index contributed by atoms with van der Waals surface area (Å²) in [5.41, 5.74) is 1.37. The Bertz CT molecular complexity index is 1070. The molecule has 0 N–H and O–H groups in total. The fourth-order valence-electron chi connectivity index (χ4n) is 3.27. The van der Waals surface area contributed by atoms with Crippen molar-refractivity contribution in [3.63, 3.8) is 0 Å². The van der Waals surface area contributed by atoms with Crippen molar-refractivity contribution in [2.45, 2.75) is 26.3 Å². The number of esters is 1. The highest BCUT2D eigenvalue weighted by Gasteiger charge is 2.41. The molecule has 0 radical (unpaired) electrons. The van der Waals surface area contributed by atoms with Gasteiger partial charge in [-0.15, -0.1) is 0 Å². The van der Waals surface area contributed by atoms with Crippen LogP contribution in [-0.2, 0) is 14.3 Å². The Labute approximate surface area is 211 Å². The van der Waals surface area contributed by atoms with E-state index in [0.717, 1.165) is 28.2 Å². The predicted octanol–water partition coefficient (Wildman–Crippen LogP) is 5.75. The Balaban J connectivity index is 1.97. The lowest BCUT2D eigenvalue weighted by Crippen LogP contribution is -2.37. The molecule has 9 heteroatoms. The molecule has 174 valence electrons. The van der Waals surface area contributed by atoms with Crippen molar-refractivity contribution < 1.29 is 23.8 Å². The molecule has 2 aromatic carbocycles. The van der Waals surface area contributed by atoms with Crippen LogP contribution in [-0.4, -0.2) is 41.4 Å². The summed E-state index contributed by atoms with van der Waals surface area (Å²) in [4.78, 5) is 27.6. The molecule has 1 aliphatic heterocycles. The van der Waals surface area contributed by atoms with Crippen LogP contribution in [0, 0.1) is 0 Å². The maximum Gasteiger partial charge on any atom is 0.333 e. The second-order valence-electron chi connectivity index (χ2n) is 7.00. The summed E-state index contributed by atoms with van der Waals surface area (Å²) in [5, 5.41) is 0. The topological polar surface area (TPSA) is 65.1 Å². The van der Waals surface area contributed by atoms with Crippen molar-refractivity contribution in [2.75, 3.05) is 20.3 Å². The molecule has 2 aromatic rings. The highest BCUT2D eigenvalue weighted by atomic mass is 79.9. The molecule has 1 fully saturated rings. The van der Waals surface area contributed by atoms with Gasteiger partial charge in [0.05, 0.1) is 29.7 Å². The maximum atomic E-state index is 13.3. The molecule has 3 rings (SSSR count). The lowest BCUT2D eigenvalue weighted by atomic mass is 10.1. The van der Waals surface area contributed by atoms with Crippen molar-refractivity contribution in [2.24, 2.45) is 0 Å². The number of thioether (sulfide) groups is 1. The van der Waals surface area contributed by atoms with Crippen LogP contribution in [0.25, 0.3) is 6.08 Å². The average molecular weight is 550 g/mol. The molecule has 1 atom stereocenters. The number of amides is 1. The number of nitrogens with zero attached hydrogens (tertiary/aromatic N) is 1. The molecular weight excluding hydrogens is 526 g/mol. The summed E-state index contributed by atoms with van der Waals surface area (Å²) in [7, 11) is 1.29. The first-order valence-corrected chi connectivity index (χ1v) is 12.4. The molecule has 0 bridgehead atoms. The van der Waals surface area contributed by atoms with Crippen LogP contribution in [0.1, 0.15) is 37.4 Å². The number of ether oxygens (including phenoxy) is 3. The summed E-state index contributed by atoms with van der Waals surface area (Å²) in [5.74, 6) is 0.291. The van der Waals surface area contributed by atoms with E-state index in [4.69, 9.17) is 26.4 Å². The smallest absolute Gasteiger partial charge is 0.333 e. The fourth-order valence-corrected chi connectivity index (χ4v) is 5.16. The molecule has 1 unspecified atom stereocenters. The number of carbonyl (C=O) groups is 2. The molecule has 1 aliphatic rings. The second kappa shape index (κ2) is 11.7. The average Bonchev–Trinajstić information content (AvgIpc) is 3.07. The van der Waals surface area contributed by atoms with Gasteiger partial charge in [-0.05, 0) is 58.6 Å². The van der Waals surface area contributed by atoms with E-state index in [-0.39, 0.29) is 10.2 Å². The fraction of sp³-hybridized carbons (Fsp3) is 0.292. The van der Waals surface area contributed by atoms with Gasteiger partial charge in [-0.3, -0.25) is 9.69 Å². The Kier molecular flexibility index (Phi) is 8.94. The Morgan fingerprint density at radius 1 is 1.21 bits per heavy atom. The van der Waals surface area contributed by atoms with Gasteiger partial charge in [-0.1, -0.05) is 61.2 Å². The number of methoxy groups -OCH3 is 1. The van der Waals surface area contributed by atoms with Crippen LogP contribution < -0.4 is 9.47 Å². The molecular formula is C24H24BrNO5S2. The number of carbonyl (C=O) groups excluding carboxylic acids is 2. The number of benzene rings is 2. The standard InChI is InChI=1S/C24H24BrNO5S2/c1-4-11-31-21-17(25)12-15(13-18(21)30-5-2)14-19-22(27)26(24(32)33-19)20(23(28)29-3)16-9-7-6-8-10-16/h6-10,12-14,20H,4-5,11H2,1-3H3/b19-14-. The van der Waals surface area contributed by atoms with Crippen LogP contribution in [0.3, 0.4) is 0 Å². The third-order valence-corrected chi connectivity index (χ3v) is 6.62. The molecule has 0 aromatic heterocycles. The van der Waals surface area contributed by atoms with E-state index in [1.54, 1.807) is 30.3 Å². The third-order valence-electron chi connectivity index (χ3n) is 4.70. The number of halogens is 1. The molecule has 0 spiro atoms. The van der Waals surface area contributed by atoms with Crippen molar-refractivity contribution >= 4 is 62.2 Å². The summed E-state index contributed by atoms with van der Waals surface area (Å²) >= 11 is 10.2. The normalized spacial score (nSPS) is 15.6. The number of thiocarbonyl (C=S) groups is 1. The number of hydrogen-bond acceptors (Lipinski definition) is 7. The molecule has 1 heterocycles. The molecule has 6 nitrogen and oxygen atoms in total. The van der Waals surface area contributed by atoms with Crippen molar-refractivity contribution in [1.29, 1.82) is 0 Å². The van der Waals surface area contributed by atoms with Crippen LogP contribution in [0.5, 0.6) is 11.5 Å². The maximum absolute atomic E-state index is 13.3. The number of rotatable bonds is 9. The molecule has 1 amide bonds. The number of hydrogen-bond donors (Lipinski definition) is 0. The minimum atomic E-state index is -0.954. The SMILES string of the molecule is CCCOc1c(Br)cc(/C=C2\SC(=S)N(C(C(=O)OC)c3ccccc3)C2=O)cc1OCC. The zero-order valence-corrected chi connectivity index (χ0v) is 21.7. The van der Waals surface area contributed by atoms with Gasteiger partial charge in [0.2, 0.25) is 0 Å². The van der Waals surface area contributed by atoms with Crippen LogP contribution in [0.15, 0.2) is 51.8 Å². The zero-order chi connectivity index (χ0) is 24.0. The van der Waals surface area contributed by atoms with E-state index in [9.17, 15) is 9.59 Å². The molecule has 1 saturated heterocycles. The van der Waals surface area contributed by atoms with Gasteiger partial charge in [0, 0.05) is 0 Å². The van der Waals surface area contributed by atoms with Gasteiger partial charge in [0.1, 0.15) is 4.32 Å². The summed E-state index contributed by atoms with van der Waals surface area (Å²) < 4.78 is 17.6. The van der Waals surface area contributed by atoms with Crippen molar-refractivity contribution in [3.8, 4) is 11.5 Å². The monoisotopic (exact) mass is 549 g/mol. The Morgan fingerprint density at radius 2 is 1.94 bits per heavy atom. The summed E-state index contributed by atoms with van der Waals surface area (Å²) in [6.45, 7) is 4.96. The van der Waals surface area contributed by atoms with Gasteiger partial charge in [0.25, 0.3) is 5.91 Å². The van der Waals surface area contributed by atoms with Gasteiger partial charge in [-0.2, -0.15) is 0 Å². The Morgan fingerprint density at radius 3 is 2.58 bits per heavy atom. The summed E-state index contributed by atoms with van der Waals surface area (Å²) in [6.07, 6.45) is 2.60. The third kappa shape index (κ3) is 5.77. The van der Waals surface area contributed by atoms with Crippen LogP contribution in [0.4, 0.5) is 0 Å². The predicted molar refractivity (Wildman–Crippen MR) is 137 cm³/mol. The molecule has 33 heavy (non-hydrogen) atoms. The minimum absolute atomic E-state index is 0.289. The van der Waals surface area contributed by atoms with Crippen LogP contribution in [0.2, 0.25) is 0 Å². The zero-order valence-electron chi connectivity index (χ0n) is 18.5. The Hall–Kier alpha value is -2.36. The lowest BCUT2D eigenvalue weighted by molar-refractivity contribution is -0.148. The van der Waals surface area contributed by atoms with E-state index in [2.05, 4.69) is 15.9 Å². The minimum Gasteiger partial charge on any atom is -0.490 e. The van der Waals surface area contributed by atoms with E-state index in [0.29, 0.717) is 35.2 Å². The summed E-state index contributed by atoms with van der Waals surface area (Å²) in [6, 6.07) is 11.7. The van der Waals surface area contributed by atoms with E-state index < -0.39 is 12.0 Å². The van der Waals surface area contributed by atoms with Gasteiger partial charge >= 0.3 is 5.97 Å². The van der Waals surface area contributed by atoms with Gasteiger partial charge in [0.15, 0.2) is 17.5 Å². The first kappa shape index (κ1) is 25.3. The molecule has 0 aliphatic carbocycles. The second-order valence-corrected chi connectivity index (χ2v) is 9.53. The first-order chi connectivity index (χ1) is 15.9. The van der Waals surface area contributed by atoms with E-state index >= 15 is 0 Å².